The van der Waals surface area contributed by atoms with Crippen molar-refractivity contribution in [3.8, 4) is 0 Å². The molecule has 0 fully saturated rings. The lowest BCUT2D eigenvalue weighted by molar-refractivity contribution is 0.104. The van der Waals surface area contributed by atoms with Crippen molar-refractivity contribution in [2.24, 2.45) is 0 Å². The second-order valence-corrected chi connectivity index (χ2v) is 5.70. The highest BCUT2D eigenvalue weighted by Crippen LogP contribution is 2.33. The first-order valence-electron chi connectivity index (χ1n) is 8.09. The number of Topliss-reactive ketones (excluding diaryl/α,β-unsaturated/α-hetero) is 1. The quantitative estimate of drug-likeness (QED) is 0.791. The van der Waals surface area contributed by atoms with E-state index in [1.54, 1.807) is 0 Å². The fraction of sp³-hybridized carbons (Fsp3) is 0.250. The van der Waals surface area contributed by atoms with Crippen molar-refractivity contribution in [3.05, 3.63) is 65.4 Å². The minimum atomic E-state index is 0.0934. The molecule has 0 amide bonds. The standard InChI is InChI=1S/C20H22N2O/c1-4-22(5-2)16-12-10-15(11-13-16)14-19-20(23)17-8-6-7-9-18(17)21(19)3/h6-14H,4-5H2,1-3H3/b19-14+. The summed E-state index contributed by atoms with van der Waals surface area (Å²) in [6.07, 6.45) is 1.97. The number of nitrogens with zero attached hydrogens (tertiary/aromatic N) is 2. The molecule has 0 saturated carbocycles. The predicted molar refractivity (Wildman–Crippen MR) is 97.2 cm³/mol. The summed E-state index contributed by atoms with van der Waals surface area (Å²) in [5, 5.41) is 0. The second-order valence-electron chi connectivity index (χ2n) is 5.70. The number of para-hydroxylation sites is 1. The van der Waals surface area contributed by atoms with Crippen molar-refractivity contribution >= 4 is 23.2 Å². The van der Waals surface area contributed by atoms with Gasteiger partial charge in [0.05, 0.1) is 11.4 Å². The number of anilines is 2. The fourth-order valence-electron chi connectivity index (χ4n) is 3.07. The van der Waals surface area contributed by atoms with Crippen LogP contribution in [0.2, 0.25) is 0 Å². The minimum absolute atomic E-state index is 0.0934. The molecule has 0 spiro atoms. The van der Waals surface area contributed by atoms with Crippen LogP contribution in [0.5, 0.6) is 0 Å². The van der Waals surface area contributed by atoms with Gasteiger partial charge in [-0.2, -0.15) is 0 Å². The molecular weight excluding hydrogens is 284 g/mol. The number of ketones is 1. The van der Waals surface area contributed by atoms with Crippen LogP contribution in [0.25, 0.3) is 6.08 Å². The smallest absolute Gasteiger partial charge is 0.211 e. The first-order chi connectivity index (χ1) is 11.2. The monoisotopic (exact) mass is 306 g/mol. The number of rotatable bonds is 4. The molecule has 3 nitrogen and oxygen atoms in total. The summed E-state index contributed by atoms with van der Waals surface area (Å²) in [7, 11) is 1.94. The van der Waals surface area contributed by atoms with Crippen molar-refractivity contribution in [2.75, 3.05) is 29.9 Å². The molecule has 0 N–H and O–H groups in total. The summed E-state index contributed by atoms with van der Waals surface area (Å²) in [4.78, 5) is 16.8. The maximum absolute atomic E-state index is 12.6. The Kier molecular flexibility index (Phi) is 4.20. The van der Waals surface area contributed by atoms with Gasteiger partial charge in [-0.05, 0) is 49.8 Å². The van der Waals surface area contributed by atoms with Crippen molar-refractivity contribution in [2.45, 2.75) is 13.8 Å². The van der Waals surface area contributed by atoms with Crippen LogP contribution in [-0.4, -0.2) is 25.9 Å². The maximum atomic E-state index is 12.6. The number of benzene rings is 2. The fourth-order valence-corrected chi connectivity index (χ4v) is 3.07. The van der Waals surface area contributed by atoms with Crippen LogP contribution in [0.3, 0.4) is 0 Å². The number of carbonyl (C=O) groups excluding carboxylic acids is 1. The Bertz CT molecular complexity index is 742. The summed E-state index contributed by atoms with van der Waals surface area (Å²) in [6, 6.07) is 16.1. The Hall–Kier alpha value is -2.55. The van der Waals surface area contributed by atoms with Crippen LogP contribution in [0.1, 0.15) is 29.8 Å². The zero-order valence-corrected chi connectivity index (χ0v) is 13.9. The van der Waals surface area contributed by atoms with Crippen molar-refractivity contribution in [3.63, 3.8) is 0 Å². The minimum Gasteiger partial charge on any atom is -0.372 e. The zero-order valence-electron chi connectivity index (χ0n) is 13.9. The number of allylic oxidation sites excluding steroid dienone is 1. The first-order valence-corrected chi connectivity index (χ1v) is 8.09. The summed E-state index contributed by atoms with van der Waals surface area (Å²) < 4.78 is 0. The molecule has 0 aliphatic carbocycles. The lowest BCUT2D eigenvalue weighted by Crippen LogP contribution is -2.21. The predicted octanol–water partition coefficient (Wildman–Crippen LogP) is 4.21. The molecule has 1 aliphatic rings. The van der Waals surface area contributed by atoms with Crippen LogP contribution in [0.4, 0.5) is 11.4 Å². The number of fused-ring (bicyclic) bond motifs is 1. The number of likely N-dealkylation sites (N-methyl/N-ethyl adjacent to an activating group) is 1. The van der Waals surface area contributed by atoms with Crippen LogP contribution < -0.4 is 9.80 Å². The third-order valence-corrected chi connectivity index (χ3v) is 4.43. The van der Waals surface area contributed by atoms with E-state index in [-0.39, 0.29) is 5.78 Å². The molecule has 2 aromatic rings. The van der Waals surface area contributed by atoms with Gasteiger partial charge in [0, 0.05) is 31.4 Å². The highest BCUT2D eigenvalue weighted by Gasteiger charge is 2.28. The van der Waals surface area contributed by atoms with E-state index < -0.39 is 0 Å². The SMILES string of the molecule is CCN(CC)c1ccc(/C=C2\C(=O)c3ccccc3N2C)cc1. The molecule has 2 aromatic carbocycles. The van der Waals surface area contributed by atoms with E-state index in [0.29, 0.717) is 0 Å². The van der Waals surface area contributed by atoms with Gasteiger partial charge in [0.1, 0.15) is 0 Å². The molecule has 3 heteroatoms. The van der Waals surface area contributed by atoms with Crippen LogP contribution in [0.15, 0.2) is 54.2 Å². The van der Waals surface area contributed by atoms with Gasteiger partial charge in [-0.3, -0.25) is 4.79 Å². The summed E-state index contributed by atoms with van der Waals surface area (Å²) >= 11 is 0. The molecule has 1 aliphatic heterocycles. The van der Waals surface area contributed by atoms with Gasteiger partial charge in [0.15, 0.2) is 0 Å². The molecule has 0 radical (unpaired) electrons. The topological polar surface area (TPSA) is 23.6 Å². The molecular formula is C20H22N2O. The van der Waals surface area contributed by atoms with Gasteiger partial charge < -0.3 is 9.80 Å². The molecule has 23 heavy (non-hydrogen) atoms. The van der Waals surface area contributed by atoms with E-state index in [2.05, 4.69) is 43.0 Å². The molecule has 3 rings (SSSR count). The molecule has 1 heterocycles. The van der Waals surface area contributed by atoms with E-state index in [9.17, 15) is 4.79 Å². The van der Waals surface area contributed by atoms with Crippen molar-refractivity contribution in [1.82, 2.24) is 0 Å². The molecule has 0 aromatic heterocycles. The average molecular weight is 306 g/mol. The van der Waals surface area contributed by atoms with E-state index >= 15 is 0 Å². The van der Waals surface area contributed by atoms with Crippen LogP contribution in [-0.2, 0) is 0 Å². The van der Waals surface area contributed by atoms with Crippen molar-refractivity contribution < 1.29 is 4.79 Å². The van der Waals surface area contributed by atoms with E-state index in [0.717, 1.165) is 35.6 Å². The Balaban J connectivity index is 1.90. The molecule has 0 bridgehead atoms. The lowest BCUT2D eigenvalue weighted by Gasteiger charge is -2.21. The van der Waals surface area contributed by atoms with Gasteiger partial charge in [0.2, 0.25) is 5.78 Å². The highest BCUT2D eigenvalue weighted by atomic mass is 16.1. The van der Waals surface area contributed by atoms with Gasteiger partial charge in [-0.1, -0.05) is 24.3 Å². The normalized spacial score (nSPS) is 15.2. The molecule has 0 saturated heterocycles. The Morgan fingerprint density at radius 1 is 1.00 bits per heavy atom. The number of hydrogen-bond donors (Lipinski definition) is 0. The van der Waals surface area contributed by atoms with Crippen LogP contribution in [0, 0.1) is 0 Å². The molecule has 0 unspecified atom stereocenters. The second kappa shape index (κ2) is 6.29. The lowest BCUT2D eigenvalue weighted by atomic mass is 10.1. The van der Waals surface area contributed by atoms with E-state index in [4.69, 9.17) is 0 Å². The number of hydrogen-bond acceptors (Lipinski definition) is 3. The van der Waals surface area contributed by atoms with E-state index in [1.165, 1.54) is 5.69 Å². The largest absolute Gasteiger partial charge is 0.372 e. The number of carbonyl (C=O) groups is 1. The van der Waals surface area contributed by atoms with Gasteiger partial charge >= 0.3 is 0 Å². The Morgan fingerprint density at radius 2 is 1.65 bits per heavy atom. The Labute approximate surface area is 137 Å². The van der Waals surface area contributed by atoms with Gasteiger partial charge in [-0.15, -0.1) is 0 Å². The summed E-state index contributed by atoms with van der Waals surface area (Å²) in [6.45, 7) is 6.30. The van der Waals surface area contributed by atoms with Gasteiger partial charge in [0.25, 0.3) is 0 Å². The van der Waals surface area contributed by atoms with Crippen LogP contribution >= 0.6 is 0 Å². The van der Waals surface area contributed by atoms with Crippen molar-refractivity contribution in [1.29, 1.82) is 0 Å². The zero-order chi connectivity index (χ0) is 16.4. The Morgan fingerprint density at radius 3 is 2.26 bits per heavy atom. The highest BCUT2D eigenvalue weighted by molar-refractivity contribution is 6.21. The summed E-state index contributed by atoms with van der Waals surface area (Å²) in [5.74, 6) is 0.0934. The molecule has 118 valence electrons. The third kappa shape index (κ3) is 2.74. The first kappa shape index (κ1) is 15.3. The van der Waals surface area contributed by atoms with E-state index in [1.807, 2.05) is 42.3 Å². The third-order valence-electron chi connectivity index (χ3n) is 4.43. The average Bonchev–Trinajstić information content (AvgIpc) is 2.83. The summed E-state index contributed by atoms with van der Waals surface area (Å²) in [5.41, 5.74) is 4.74. The van der Waals surface area contributed by atoms with Gasteiger partial charge in [-0.25, -0.2) is 0 Å². The maximum Gasteiger partial charge on any atom is 0.211 e. The molecule has 0 atom stereocenters.